The summed E-state index contributed by atoms with van der Waals surface area (Å²) in [6.45, 7) is 4.29. The molecule has 0 spiro atoms. The Morgan fingerprint density at radius 2 is 2.20 bits per heavy atom. The molecule has 1 N–H and O–H groups in total. The van der Waals surface area contributed by atoms with Gasteiger partial charge in [-0.25, -0.2) is 0 Å². The lowest BCUT2D eigenvalue weighted by atomic mass is 9.71. The molecule has 2 rings (SSSR count). The lowest BCUT2D eigenvalue weighted by Crippen LogP contribution is -2.39. The minimum Gasteiger partial charge on any atom is -0.465 e. The first kappa shape index (κ1) is 11.2. The van der Waals surface area contributed by atoms with E-state index in [1.165, 1.54) is 6.42 Å². The van der Waals surface area contributed by atoms with Crippen LogP contribution in [0.1, 0.15) is 38.9 Å². The Labute approximate surface area is 98.8 Å². The van der Waals surface area contributed by atoms with Crippen molar-refractivity contribution >= 4 is 15.9 Å². The summed E-state index contributed by atoms with van der Waals surface area (Å²) in [6.07, 6.45) is 4.68. The van der Waals surface area contributed by atoms with Crippen molar-refractivity contribution in [2.24, 2.45) is 11.8 Å². The summed E-state index contributed by atoms with van der Waals surface area (Å²) in [4.78, 5) is 0. The van der Waals surface area contributed by atoms with Crippen molar-refractivity contribution in [1.82, 2.24) is 0 Å². The van der Waals surface area contributed by atoms with E-state index in [2.05, 4.69) is 29.8 Å². The Morgan fingerprint density at radius 3 is 2.80 bits per heavy atom. The molecule has 3 atom stereocenters. The molecule has 1 heterocycles. The van der Waals surface area contributed by atoms with Crippen molar-refractivity contribution in [1.29, 1.82) is 0 Å². The van der Waals surface area contributed by atoms with E-state index in [1.807, 2.05) is 6.07 Å². The summed E-state index contributed by atoms with van der Waals surface area (Å²) >= 11 is 3.43. The number of hydrogen-bond acceptors (Lipinski definition) is 2. The fourth-order valence-corrected chi connectivity index (χ4v) is 3.07. The second-order valence-electron chi connectivity index (χ2n) is 4.81. The normalized spacial score (nSPS) is 36.8. The second-order valence-corrected chi connectivity index (χ2v) is 5.66. The van der Waals surface area contributed by atoms with E-state index >= 15 is 0 Å². The Bertz CT molecular complexity index is 347. The van der Waals surface area contributed by atoms with Gasteiger partial charge >= 0.3 is 0 Å². The third-order valence-corrected chi connectivity index (χ3v) is 4.20. The Balaban J connectivity index is 2.35. The average Bonchev–Trinajstić information content (AvgIpc) is 2.59. The van der Waals surface area contributed by atoms with Gasteiger partial charge in [0.1, 0.15) is 11.4 Å². The summed E-state index contributed by atoms with van der Waals surface area (Å²) in [5.74, 6) is 1.51. The maximum absolute atomic E-state index is 10.7. The third-order valence-electron chi connectivity index (χ3n) is 3.58. The molecule has 2 nitrogen and oxygen atoms in total. The lowest BCUT2D eigenvalue weighted by Gasteiger charge is -2.39. The van der Waals surface area contributed by atoms with Crippen molar-refractivity contribution in [3.63, 3.8) is 0 Å². The largest absolute Gasteiger partial charge is 0.465 e. The molecular formula is C12H17BrO2. The van der Waals surface area contributed by atoms with Gasteiger partial charge in [-0.1, -0.05) is 20.3 Å². The van der Waals surface area contributed by atoms with Gasteiger partial charge in [0.2, 0.25) is 0 Å². The Hall–Kier alpha value is -0.280. The van der Waals surface area contributed by atoms with Gasteiger partial charge in [0.05, 0.1) is 10.7 Å². The highest BCUT2D eigenvalue weighted by Gasteiger charge is 2.43. The Kier molecular flexibility index (Phi) is 2.95. The zero-order valence-corrected chi connectivity index (χ0v) is 10.8. The van der Waals surface area contributed by atoms with Crippen molar-refractivity contribution in [2.45, 2.75) is 38.7 Å². The molecule has 1 aliphatic carbocycles. The van der Waals surface area contributed by atoms with Gasteiger partial charge in [-0.05, 0) is 46.7 Å². The van der Waals surface area contributed by atoms with Crippen LogP contribution in [-0.2, 0) is 5.60 Å². The molecule has 84 valence electrons. The summed E-state index contributed by atoms with van der Waals surface area (Å²) in [6, 6.07) is 1.85. The number of furan rings is 1. The summed E-state index contributed by atoms with van der Waals surface area (Å²) in [5.41, 5.74) is -0.792. The number of rotatable bonds is 1. The molecular weight excluding hydrogens is 256 g/mol. The highest BCUT2D eigenvalue weighted by Crippen LogP contribution is 2.46. The third kappa shape index (κ3) is 1.87. The fraction of sp³-hybridized carbons (Fsp3) is 0.667. The van der Waals surface area contributed by atoms with Crippen LogP contribution in [0.4, 0.5) is 0 Å². The maximum Gasteiger partial charge on any atom is 0.149 e. The highest BCUT2D eigenvalue weighted by molar-refractivity contribution is 9.10. The molecule has 3 heteroatoms. The molecule has 0 amide bonds. The Morgan fingerprint density at radius 1 is 1.47 bits per heavy atom. The maximum atomic E-state index is 10.7. The second kappa shape index (κ2) is 3.95. The first-order chi connectivity index (χ1) is 7.04. The number of hydrogen-bond donors (Lipinski definition) is 1. The minimum absolute atomic E-state index is 0.260. The van der Waals surface area contributed by atoms with Crippen LogP contribution in [0.15, 0.2) is 21.2 Å². The zero-order valence-electron chi connectivity index (χ0n) is 9.16. The van der Waals surface area contributed by atoms with E-state index in [4.69, 9.17) is 4.42 Å². The number of halogens is 1. The van der Waals surface area contributed by atoms with E-state index in [9.17, 15) is 5.11 Å². The van der Waals surface area contributed by atoms with Gasteiger partial charge in [-0.15, -0.1) is 0 Å². The lowest BCUT2D eigenvalue weighted by molar-refractivity contribution is -0.0789. The van der Waals surface area contributed by atoms with Crippen LogP contribution in [0, 0.1) is 11.8 Å². The van der Waals surface area contributed by atoms with E-state index < -0.39 is 5.60 Å². The van der Waals surface area contributed by atoms with Crippen LogP contribution in [0.25, 0.3) is 0 Å². The first-order valence-electron chi connectivity index (χ1n) is 5.50. The van der Waals surface area contributed by atoms with Gasteiger partial charge in [-0.2, -0.15) is 0 Å². The smallest absolute Gasteiger partial charge is 0.149 e. The molecule has 0 aromatic carbocycles. The molecule has 1 aromatic heterocycles. The predicted molar refractivity (Wildman–Crippen MR) is 62.5 cm³/mol. The predicted octanol–water partition coefficient (Wildman–Crippen LogP) is 3.69. The SMILES string of the molecule is CC1CCC(C)C(O)(c2occc2Br)C1. The molecule has 0 saturated heterocycles. The topological polar surface area (TPSA) is 33.4 Å². The van der Waals surface area contributed by atoms with Crippen LogP contribution in [0.2, 0.25) is 0 Å². The molecule has 15 heavy (non-hydrogen) atoms. The molecule has 0 radical (unpaired) electrons. The van der Waals surface area contributed by atoms with Crippen LogP contribution in [-0.4, -0.2) is 5.11 Å². The van der Waals surface area contributed by atoms with Crippen LogP contribution in [0.3, 0.4) is 0 Å². The van der Waals surface area contributed by atoms with E-state index in [0.717, 1.165) is 17.3 Å². The molecule has 0 bridgehead atoms. The van der Waals surface area contributed by atoms with Crippen LogP contribution < -0.4 is 0 Å². The summed E-state index contributed by atoms with van der Waals surface area (Å²) in [7, 11) is 0. The van der Waals surface area contributed by atoms with E-state index in [-0.39, 0.29) is 5.92 Å². The van der Waals surface area contributed by atoms with Gasteiger partial charge in [0.15, 0.2) is 0 Å². The van der Waals surface area contributed by atoms with Crippen molar-refractivity contribution < 1.29 is 9.52 Å². The van der Waals surface area contributed by atoms with Crippen LogP contribution >= 0.6 is 15.9 Å². The van der Waals surface area contributed by atoms with Crippen molar-refractivity contribution in [2.75, 3.05) is 0 Å². The van der Waals surface area contributed by atoms with Gasteiger partial charge in [0.25, 0.3) is 0 Å². The molecule has 1 aliphatic rings. The first-order valence-corrected chi connectivity index (χ1v) is 6.29. The zero-order chi connectivity index (χ0) is 11.1. The van der Waals surface area contributed by atoms with Gasteiger partial charge in [-0.3, -0.25) is 0 Å². The molecule has 1 aromatic rings. The quantitative estimate of drug-likeness (QED) is 0.846. The summed E-state index contributed by atoms with van der Waals surface area (Å²) in [5, 5.41) is 10.7. The minimum atomic E-state index is -0.792. The highest BCUT2D eigenvalue weighted by atomic mass is 79.9. The van der Waals surface area contributed by atoms with Crippen molar-refractivity contribution in [3.05, 3.63) is 22.6 Å². The molecule has 3 unspecified atom stereocenters. The van der Waals surface area contributed by atoms with Crippen molar-refractivity contribution in [3.8, 4) is 0 Å². The van der Waals surface area contributed by atoms with E-state index in [1.54, 1.807) is 6.26 Å². The van der Waals surface area contributed by atoms with Gasteiger partial charge in [0, 0.05) is 0 Å². The molecule has 0 aliphatic heterocycles. The fourth-order valence-electron chi connectivity index (χ4n) is 2.53. The number of aliphatic hydroxyl groups is 1. The summed E-state index contributed by atoms with van der Waals surface area (Å²) < 4.78 is 6.31. The average molecular weight is 273 g/mol. The standard InChI is InChI=1S/C12H17BrO2/c1-8-3-4-9(2)12(14,7-8)11-10(13)5-6-15-11/h5-6,8-9,14H,3-4,7H2,1-2H3. The van der Waals surface area contributed by atoms with E-state index in [0.29, 0.717) is 11.7 Å². The monoisotopic (exact) mass is 272 g/mol. The van der Waals surface area contributed by atoms with Gasteiger partial charge < -0.3 is 9.52 Å². The van der Waals surface area contributed by atoms with Crippen LogP contribution in [0.5, 0.6) is 0 Å². The molecule has 1 fully saturated rings. The molecule has 1 saturated carbocycles.